The molecule has 190 valence electrons. The molecule has 1 aliphatic rings. The molecule has 1 atom stereocenters. The van der Waals surface area contributed by atoms with Gasteiger partial charge < -0.3 is 15.5 Å². The van der Waals surface area contributed by atoms with Crippen LogP contribution in [0.15, 0.2) is 48.5 Å². The molecule has 3 rings (SSSR count). The van der Waals surface area contributed by atoms with Gasteiger partial charge >= 0.3 is 0 Å². The number of unbranched alkanes of at least 4 members (excludes halogenated alkanes) is 1. The van der Waals surface area contributed by atoms with Gasteiger partial charge in [-0.2, -0.15) is 0 Å². The van der Waals surface area contributed by atoms with Gasteiger partial charge in [-0.25, -0.2) is 0 Å². The minimum Gasteiger partial charge on any atom is -0.371 e. The quantitative estimate of drug-likeness (QED) is 0.391. The van der Waals surface area contributed by atoms with Crippen LogP contribution in [-0.4, -0.2) is 30.9 Å². The van der Waals surface area contributed by atoms with Crippen LogP contribution in [0.5, 0.6) is 0 Å². The largest absolute Gasteiger partial charge is 0.371 e. The first-order valence-corrected chi connectivity index (χ1v) is 13.5. The lowest BCUT2D eigenvalue weighted by Crippen LogP contribution is -2.37. The van der Waals surface area contributed by atoms with Crippen LogP contribution in [0.3, 0.4) is 0 Å². The van der Waals surface area contributed by atoms with Gasteiger partial charge in [0.1, 0.15) is 0 Å². The normalized spacial score (nSPS) is 15.2. The molecule has 2 amide bonds. The Morgan fingerprint density at radius 1 is 1.03 bits per heavy atom. The summed E-state index contributed by atoms with van der Waals surface area (Å²) in [5, 5.41) is 6.12. The highest BCUT2D eigenvalue weighted by Crippen LogP contribution is 2.30. The van der Waals surface area contributed by atoms with E-state index < -0.39 is 0 Å². The van der Waals surface area contributed by atoms with E-state index in [2.05, 4.69) is 59.7 Å². The molecule has 2 aromatic rings. The van der Waals surface area contributed by atoms with Crippen LogP contribution in [0.4, 0.5) is 11.4 Å². The summed E-state index contributed by atoms with van der Waals surface area (Å²) in [7, 11) is 0. The van der Waals surface area contributed by atoms with Crippen molar-refractivity contribution in [3.05, 3.63) is 59.7 Å². The maximum absolute atomic E-state index is 13.1. The average Bonchev–Trinajstić information content (AvgIpc) is 2.85. The molecular formula is C30H43N3O2. The zero-order chi connectivity index (χ0) is 25.2. The number of anilines is 2. The molecule has 0 aliphatic carbocycles. The molecular weight excluding hydrogens is 434 g/mol. The van der Waals surface area contributed by atoms with E-state index in [0.717, 1.165) is 63.7 Å². The van der Waals surface area contributed by atoms with E-state index in [1.54, 1.807) is 0 Å². The Hall–Kier alpha value is -2.82. The van der Waals surface area contributed by atoms with Crippen LogP contribution < -0.4 is 15.5 Å². The fraction of sp³-hybridized carbons (Fsp3) is 0.533. The molecule has 35 heavy (non-hydrogen) atoms. The molecule has 1 unspecified atom stereocenters. The Morgan fingerprint density at radius 2 is 1.74 bits per heavy atom. The van der Waals surface area contributed by atoms with Crippen LogP contribution in [0.25, 0.3) is 0 Å². The minimum atomic E-state index is -0.0875. The summed E-state index contributed by atoms with van der Waals surface area (Å²) >= 11 is 0. The Kier molecular flexibility index (Phi) is 10.2. The van der Waals surface area contributed by atoms with E-state index in [-0.39, 0.29) is 23.8 Å². The van der Waals surface area contributed by atoms with Gasteiger partial charge in [0.05, 0.1) is 5.56 Å². The average molecular weight is 478 g/mol. The smallest absolute Gasteiger partial charge is 0.253 e. The number of piperidine rings is 1. The summed E-state index contributed by atoms with van der Waals surface area (Å²) in [6.07, 6.45) is 7.17. The molecule has 0 radical (unpaired) electrons. The van der Waals surface area contributed by atoms with Gasteiger partial charge in [0.15, 0.2) is 0 Å². The molecule has 2 N–H and O–H groups in total. The molecule has 0 aromatic heterocycles. The van der Waals surface area contributed by atoms with Crippen molar-refractivity contribution in [2.75, 3.05) is 23.3 Å². The number of rotatable bonds is 11. The summed E-state index contributed by atoms with van der Waals surface area (Å²) in [5.41, 5.74) is 3.69. The van der Waals surface area contributed by atoms with Gasteiger partial charge in [-0.1, -0.05) is 57.0 Å². The minimum absolute atomic E-state index is 0.00575. The third-order valence-electron chi connectivity index (χ3n) is 7.02. The first-order chi connectivity index (χ1) is 16.9. The first-order valence-electron chi connectivity index (χ1n) is 13.5. The van der Waals surface area contributed by atoms with Gasteiger partial charge in [0, 0.05) is 36.4 Å². The van der Waals surface area contributed by atoms with Crippen molar-refractivity contribution in [3.8, 4) is 0 Å². The molecule has 0 saturated carbocycles. The highest BCUT2D eigenvalue weighted by molar-refractivity contribution is 6.02. The third-order valence-corrected chi connectivity index (χ3v) is 7.02. The Balaban J connectivity index is 1.73. The second-order valence-electron chi connectivity index (χ2n) is 10.2. The Morgan fingerprint density at radius 3 is 2.37 bits per heavy atom. The third kappa shape index (κ3) is 7.84. The number of hydrogen-bond acceptors (Lipinski definition) is 3. The SMILES string of the molecule is CCCCC(CC)C(=O)Nc1ccc(N2CCC(Cc3ccccc3)CC2)c(C(=O)NC(C)C)c1. The van der Waals surface area contributed by atoms with Crippen LogP contribution in [0, 0.1) is 11.8 Å². The molecule has 5 nitrogen and oxygen atoms in total. The van der Waals surface area contributed by atoms with Crippen LogP contribution in [0.1, 0.15) is 82.1 Å². The van der Waals surface area contributed by atoms with Gasteiger partial charge in [-0.3, -0.25) is 9.59 Å². The Bertz CT molecular complexity index is 949. The predicted octanol–water partition coefficient (Wildman–Crippen LogP) is 6.44. The maximum atomic E-state index is 13.1. The lowest BCUT2D eigenvalue weighted by molar-refractivity contribution is -0.120. The van der Waals surface area contributed by atoms with Crippen molar-refractivity contribution < 1.29 is 9.59 Å². The zero-order valence-electron chi connectivity index (χ0n) is 22.0. The van der Waals surface area contributed by atoms with Crippen molar-refractivity contribution in [1.82, 2.24) is 5.32 Å². The second kappa shape index (κ2) is 13.3. The number of hydrogen-bond donors (Lipinski definition) is 2. The predicted molar refractivity (Wildman–Crippen MR) is 146 cm³/mol. The highest BCUT2D eigenvalue weighted by atomic mass is 16.2. The topological polar surface area (TPSA) is 61.4 Å². The maximum Gasteiger partial charge on any atom is 0.253 e. The monoisotopic (exact) mass is 477 g/mol. The number of nitrogens with zero attached hydrogens (tertiary/aromatic N) is 1. The summed E-state index contributed by atoms with van der Waals surface area (Å²) in [6.45, 7) is 10.0. The number of amides is 2. The second-order valence-corrected chi connectivity index (χ2v) is 10.2. The lowest BCUT2D eigenvalue weighted by atomic mass is 9.89. The van der Waals surface area contributed by atoms with Gasteiger partial charge in [0.25, 0.3) is 5.91 Å². The van der Waals surface area contributed by atoms with Crippen molar-refractivity contribution >= 4 is 23.2 Å². The van der Waals surface area contributed by atoms with E-state index in [9.17, 15) is 9.59 Å². The van der Waals surface area contributed by atoms with Crippen LogP contribution >= 0.6 is 0 Å². The summed E-state index contributed by atoms with van der Waals surface area (Å²) < 4.78 is 0. The van der Waals surface area contributed by atoms with Crippen molar-refractivity contribution in [1.29, 1.82) is 0 Å². The van der Waals surface area contributed by atoms with Crippen LogP contribution in [0.2, 0.25) is 0 Å². The molecule has 0 spiro atoms. The molecule has 5 heteroatoms. The standard InChI is InChI=1S/C30H43N3O2/c1-5-7-13-25(6-2)29(34)32-26-14-15-28(27(21-26)30(35)31-22(3)4)33-18-16-24(17-19-33)20-23-11-9-8-10-12-23/h8-12,14-15,21-22,24-25H,5-7,13,16-20H2,1-4H3,(H,31,35)(H,32,34). The van der Waals surface area contributed by atoms with Crippen LogP contribution in [-0.2, 0) is 11.2 Å². The fourth-order valence-electron chi connectivity index (χ4n) is 4.95. The molecule has 1 aliphatic heterocycles. The van der Waals surface area contributed by atoms with Crippen molar-refractivity contribution in [3.63, 3.8) is 0 Å². The number of carbonyl (C=O) groups excluding carboxylic acids is 2. The lowest BCUT2D eigenvalue weighted by Gasteiger charge is -2.35. The van der Waals surface area contributed by atoms with Crippen molar-refractivity contribution in [2.45, 2.75) is 78.7 Å². The summed E-state index contributed by atoms with van der Waals surface area (Å²) in [6, 6.07) is 16.6. The van der Waals surface area contributed by atoms with E-state index in [1.165, 1.54) is 5.56 Å². The first kappa shape index (κ1) is 26.8. The highest BCUT2D eigenvalue weighted by Gasteiger charge is 2.24. The molecule has 0 bridgehead atoms. The van der Waals surface area contributed by atoms with E-state index in [4.69, 9.17) is 0 Å². The van der Waals surface area contributed by atoms with E-state index >= 15 is 0 Å². The van der Waals surface area contributed by atoms with E-state index in [1.807, 2.05) is 32.0 Å². The molecule has 1 heterocycles. The summed E-state index contributed by atoms with van der Waals surface area (Å²) in [5.74, 6) is 0.627. The van der Waals surface area contributed by atoms with Crippen molar-refractivity contribution in [2.24, 2.45) is 11.8 Å². The van der Waals surface area contributed by atoms with Gasteiger partial charge in [0.2, 0.25) is 5.91 Å². The molecule has 1 saturated heterocycles. The number of carbonyl (C=O) groups is 2. The zero-order valence-corrected chi connectivity index (χ0v) is 22.0. The molecule has 2 aromatic carbocycles. The fourth-order valence-corrected chi connectivity index (χ4v) is 4.95. The number of nitrogens with one attached hydrogen (secondary N) is 2. The van der Waals surface area contributed by atoms with E-state index in [0.29, 0.717) is 17.2 Å². The molecule has 1 fully saturated rings. The summed E-state index contributed by atoms with van der Waals surface area (Å²) in [4.78, 5) is 28.3. The Labute approximate surface area is 211 Å². The van der Waals surface area contributed by atoms with Gasteiger partial charge in [-0.15, -0.1) is 0 Å². The van der Waals surface area contributed by atoms with Gasteiger partial charge in [-0.05, 0) is 75.6 Å². The number of benzene rings is 2.